The first-order chi connectivity index (χ1) is 10.7. The molecule has 1 aromatic rings. The third kappa shape index (κ3) is 5.62. The Morgan fingerprint density at radius 3 is 2.57 bits per heavy atom. The van der Waals surface area contributed by atoms with E-state index >= 15 is 0 Å². The Balaban J connectivity index is 2.71. The first kappa shape index (κ1) is 19.6. The van der Waals surface area contributed by atoms with E-state index in [4.69, 9.17) is 21.1 Å². The van der Waals surface area contributed by atoms with Crippen LogP contribution in [0.3, 0.4) is 0 Å². The van der Waals surface area contributed by atoms with Crippen LogP contribution >= 0.6 is 23.4 Å². The van der Waals surface area contributed by atoms with E-state index in [1.807, 2.05) is 6.92 Å². The van der Waals surface area contributed by atoms with E-state index in [2.05, 4.69) is 5.32 Å². The monoisotopic (exact) mass is 359 g/mol. The average Bonchev–Trinajstić information content (AvgIpc) is 2.49. The zero-order valence-corrected chi connectivity index (χ0v) is 15.6. The van der Waals surface area contributed by atoms with E-state index in [1.54, 1.807) is 32.9 Å². The molecule has 0 spiro atoms. The van der Waals surface area contributed by atoms with Gasteiger partial charge in [-0.15, -0.1) is 11.8 Å². The maximum atomic E-state index is 12.1. The Morgan fingerprint density at radius 1 is 1.35 bits per heavy atom. The Morgan fingerprint density at radius 2 is 2.00 bits per heavy atom. The molecule has 5 nitrogen and oxygen atoms in total. The highest BCUT2D eigenvalue weighted by Gasteiger charge is 2.30. The number of aryl methyl sites for hydroxylation is 1. The largest absolute Gasteiger partial charge is 0.495 e. The van der Waals surface area contributed by atoms with Gasteiger partial charge in [0.1, 0.15) is 10.5 Å². The van der Waals surface area contributed by atoms with Crippen LogP contribution in [0.5, 0.6) is 5.75 Å². The number of carbonyl (C=O) groups excluding carboxylic acids is 2. The van der Waals surface area contributed by atoms with Crippen molar-refractivity contribution in [2.24, 2.45) is 0 Å². The van der Waals surface area contributed by atoms with Crippen molar-refractivity contribution in [3.8, 4) is 5.75 Å². The number of amides is 1. The summed E-state index contributed by atoms with van der Waals surface area (Å²) in [6.45, 7) is 7.37. The molecule has 0 unspecified atom stereocenters. The molecule has 1 aromatic carbocycles. The fourth-order valence-electron chi connectivity index (χ4n) is 1.73. The van der Waals surface area contributed by atoms with Crippen LogP contribution in [0.1, 0.15) is 26.3 Å². The normalized spacial score (nSPS) is 11.0. The van der Waals surface area contributed by atoms with Gasteiger partial charge in [-0.3, -0.25) is 9.59 Å². The first-order valence-corrected chi connectivity index (χ1v) is 8.52. The number of anilines is 1. The molecule has 0 radical (unpaired) electrons. The van der Waals surface area contributed by atoms with Crippen molar-refractivity contribution in [3.63, 3.8) is 0 Å². The molecule has 0 aliphatic carbocycles. The predicted molar refractivity (Wildman–Crippen MR) is 94.5 cm³/mol. The molecule has 0 bridgehead atoms. The second-order valence-corrected chi connectivity index (χ2v) is 7.37. The van der Waals surface area contributed by atoms with Gasteiger partial charge in [0.15, 0.2) is 0 Å². The molecular formula is C16H22ClNO4S. The minimum absolute atomic E-state index is 0.122. The van der Waals surface area contributed by atoms with E-state index in [-0.39, 0.29) is 17.6 Å². The molecule has 0 aliphatic rings. The summed E-state index contributed by atoms with van der Waals surface area (Å²) in [6.07, 6.45) is 0. The van der Waals surface area contributed by atoms with Crippen LogP contribution in [0, 0.1) is 6.92 Å². The van der Waals surface area contributed by atoms with E-state index in [1.165, 1.54) is 18.9 Å². The quantitative estimate of drug-likeness (QED) is 0.752. The van der Waals surface area contributed by atoms with Gasteiger partial charge in [0.25, 0.3) is 0 Å². The van der Waals surface area contributed by atoms with Crippen LogP contribution in [0.4, 0.5) is 5.69 Å². The van der Waals surface area contributed by atoms with Gasteiger partial charge in [-0.2, -0.15) is 0 Å². The van der Waals surface area contributed by atoms with Gasteiger partial charge in [0, 0.05) is 11.1 Å². The maximum Gasteiger partial charge on any atom is 0.321 e. The first-order valence-electron chi connectivity index (χ1n) is 7.16. The number of hydrogen-bond donors (Lipinski definition) is 1. The predicted octanol–water partition coefficient (Wildman–Crippen LogP) is 3.67. The number of ether oxygens (including phenoxy) is 2. The van der Waals surface area contributed by atoms with Crippen molar-refractivity contribution in [1.82, 2.24) is 0 Å². The molecule has 0 fully saturated rings. The lowest BCUT2D eigenvalue weighted by molar-refractivity contribution is -0.145. The highest BCUT2D eigenvalue weighted by Crippen LogP contribution is 2.31. The summed E-state index contributed by atoms with van der Waals surface area (Å²) in [5.41, 5.74) is 1.39. The number of methoxy groups -OCH3 is 1. The third-order valence-electron chi connectivity index (χ3n) is 3.09. The van der Waals surface area contributed by atoms with Crippen LogP contribution in [0.2, 0.25) is 5.02 Å². The van der Waals surface area contributed by atoms with Gasteiger partial charge < -0.3 is 14.8 Å². The van der Waals surface area contributed by atoms with Crippen LogP contribution in [-0.4, -0.2) is 36.1 Å². The number of hydrogen-bond acceptors (Lipinski definition) is 5. The number of esters is 1. The van der Waals surface area contributed by atoms with Crippen molar-refractivity contribution in [2.45, 2.75) is 32.4 Å². The molecule has 0 saturated heterocycles. The van der Waals surface area contributed by atoms with Crippen molar-refractivity contribution < 1.29 is 19.1 Å². The molecule has 23 heavy (non-hydrogen) atoms. The van der Waals surface area contributed by atoms with Crippen molar-refractivity contribution in [3.05, 3.63) is 22.7 Å². The smallest absolute Gasteiger partial charge is 0.321 e. The number of carbonyl (C=O) groups is 2. The topological polar surface area (TPSA) is 64.6 Å². The van der Waals surface area contributed by atoms with Gasteiger partial charge >= 0.3 is 5.97 Å². The third-order valence-corrected chi connectivity index (χ3v) is 4.79. The number of halogens is 1. The van der Waals surface area contributed by atoms with Crippen LogP contribution in [-0.2, 0) is 14.3 Å². The molecule has 0 heterocycles. The van der Waals surface area contributed by atoms with Gasteiger partial charge in [-0.25, -0.2) is 0 Å². The Bertz CT molecular complexity index is 590. The summed E-state index contributed by atoms with van der Waals surface area (Å²) in [6, 6.07) is 3.41. The molecular weight excluding hydrogens is 338 g/mol. The maximum absolute atomic E-state index is 12.1. The zero-order chi connectivity index (χ0) is 17.6. The summed E-state index contributed by atoms with van der Waals surface area (Å²) in [7, 11) is 1.51. The Hall–Kier alpha value is -1.40. The van der Waals surface area contributed by atoms with E-state index < -0.39 is 4.75 Å². The highest BCUT2D eigenvalue weighted by molar-refractivity contribution is 8.02. The molecule has 1 N–H and O–H groups in total. The molecule has 0 saturated carbocycles. The lowest BCUT2D eigenvalue weighted by Gasteiger charge is -2.21. The summed E-state index contributed by atoms with van der Waals surface area (Å²) < 4.78 is 9.43. The lowest BCUT2D eigenvalue weighted by Crippen LogP contribution is -2.32. The van der Waals surface area contributed by atoms with Crippen molar-refractivity contribution >= 4 is 40.9 Å². The fraction of sp³-hybridized carbons (Fsp3) is 0.500. The van der Waals surface area contributed by atoms with Crippen LogP contribution in [0.15, 0.2) is 12.1 Å². The highest BCUT2D eigenvalue weighted by atomic mass is 35.5. The standard InChI is InChI=1S/C16H22ClNO4S/c1-6-22-15(20)16(3,4)23-9-14(19)18-12-7-10(2)11(17)8-13(12)21-5/h7-8H,6,9H2,1-5H3,(H,18,19). The Kier molecular flexibility index (Phi) is 7.22. The van der Waals surface area contributed by atoms with Crippen LogP contribution in [0.25, 0.3) is 0 Å². The molecule has 1 rings (SSSR count). The summed E-state index contributed by atoms with van der Waals surface area (Å²) in [4.78, 5) is 23.9. The SMILES string of the molecule is CCOC(=O)C(C)(C)SCC(=O)Nc1cc(C)c(Cl)cc1OC. The zero-order valence-electron chi connectivity index (χ0n) is 14.0. The molecule has 0 atom stereocenters. The molecule has 0 aromatic heterocycles. The fourth-order valence-corrected chi connectivity index (χ4v) is 2.62. The van der Waals surface area contributed by atoms with E-state index in [0.717, 1.165) is 5.56 Å². The summed E-state index contributed by atoms with van der Waals surface area (Å²) >= 11 is 7.26. The number of rotatable bonds is 7. The van der Waals surface area contributed by atoms with E-state index in [0.29, 0.717) is 23.1 Å². The van der Waals surface area contributed by atoms with E-state index in [9.17, 15) is 9.59 Å². The van der Waals surface area contributed by atoms with Crippen molar-refractivity contribution in [1.29, 1.82) is 0 Å². The van der Waals surface area contributed by atoms with Gasteiger partial charge in [-0.1, -0.05) is 11.6 Å². The molecule has 1 amide bonds. The second kappa shape index (κ2) is 8.45. The van der Waals surface area contributed by atoms with Crippen molar-refractivity contribution in [2.75, 3.05) is 24.8 Å². The Labute approximate surface area is 146 Å². The minimum Gasteiger partial charge on any atom is -0.495 e. The second-order valence-electron chi connectivity index (χ2n) is 5.37. The average molecular weight is 360 g/mol. The van der Waals surface area contributed by atoms with Gasteiger partial charge in [0.05, 0.1) is 25.2 Å². The lowest BCUT2D eigenvalue weighted by atomic mass is 10.2. The van der Waals surface area contributed by atoms with Crippen LogP contribution < -0.4 is 10.1 Å². The summed E-state index contributed by atoms with van der Waals surface area (Å²) in [5, 5.41) is 3.34. The number of thioether (sulfide) groups is 1. The number of benzene rings is 1. The summed E-state index contributed by atoms with van der Waals surface area (Å²) in [5.74, 6) is 0.0464. The molecule has 0 aliphatic heterocycles. The van der Waals surface area contributed by atoms with Gasteiger partial charge in [-0.05, 0) is 39.3 Å². The number of nitrogens with one attached hydrogen (secondary N) is 1. The van der Waals surface area contributed by atoms with Gasteiger partial charge in [0.2, 0.25) is 5.91 Å². The molecule has 128 valence electrons. The molecule has 7 heteroatoms. The minimum atomic E-state index is -0.784.